The minimum atomic E-state index is 0.149. The first-order valence-electron chi connectivity index (χ1n) is 4.34. The van der Waals surface area contributed by atoms with E-state index in [1.165, 1.54) is 11.3 Å². The first kappa shape index (κ1) is 11.9. The standard InChI is InChI=1S/C9H14ClNO2S/c1-7(11-13-4-3-12-2)8-5-9(10)14-6-8/h5-7,11H,3-4H2,1-2H3. The Morgan fingerprint density at radius 3 is 2.93 bits per heavy atom. The van der Waals surface area contributed by atoms with Gasteiger partial charge in [0.2, 0.25) is 0 Å². The molecule has 1 heterocycles. The van der Waals surface area contributed by atoms with Gasteiger partial charge in [-0.2, -0.15) is 5.48 Å². The van der Waals surface area contributed by atoms with Gasteiger partial charge in [0.25, 0.3) is 0 Å². The van der Waals surface area contributed by atoms with E-state index in [1.54, 1.807) is 7.11 Å². The summed E-state index contributed by atoms with van der Waals surface area (Å²) in [5.74, 6) is 0. The Hall–Kier alpha value is -0.130. The molecule has 0 aliphatic rings. The van der Waals surface area contributed by atoms with Crippen molar-refractivity contribution >= 4 is 22.9 Å². The zero-order valence-corrected chi connectivity index (χ0v) is 9.82. The fraction of sp³-hybridized carbons (Fsp3) is 0.556. The van der Waals surface area contributed by atoms with E-state index >= 15 is 0 Å². The molecule has 0 radical (unpaired) electrons. The second-order valence-corrected chi connectivity index (χ2v) is 4.41. The topological polar surface area (TPSA) is 30.5 Å². The number of thiophene rings is 1. The van der Waals surface area contributed by atoms with Crippen LogP contribution in [0.2, 0.25) is 4.34 Å². The summed E-state index contributed by atoms with van der Waals surface area (Å²) >= 11 is 7.34. The molecule has 0 fully saturated rings. The highest BCUT2D eigenvalue weighted by molar-refractivity contribution is 7.14. The largest absolute Gasteiger partial charge is 0.382 e. The molecule has 0 saturated heterocycles. The predicted octanol–water partition coefficient (Wildman–Crippen LogP) is 2.63. The van der Waals surface area contributed by atoms with E-state index in [-0.39, 0.29) is 6.04 Å². The molecular weight excluding hydrogens is 222 g/mol. The van der Waals surface area contributed by atoms with Crippen molar-refractivity contribution in [3.63, 3.8) is 0 Å². The van der Waals surface area contributed by atoms with Gasteiger partial charge in [0.1, 0.15) is 0 Å². The Balaban J connectivity index is 2.25. The lowest BCUT2D eigenvalue weighted by atomic mass is 10.2. The quantitative estimate of drug-likeness (QED) is 0.608. The average molecular weight is 236 g/mol. The van der Waals surface area contributed by atoms with Gasteiger partial charge < -0.3 is 4.74 Å². The van der Waals surface area contributed by atoms with Crippen molar-refractivity contribution in [3.8, 4) is 0 Å². The van der Waals surface area contributed by atoms with E-state index in [0.717, 1.165) is 9.90 Å². The first-order chi connectivity index (χ1) is 6.74. The van der Waals surface area contributed by atoms with E-state index in [1.807, 2.05) is 18.4 Å². The highest BCUT2D eigenvalue weighted by Crippen LogP contribution is 2.24. The third kappa shape index (κ3) is 3.94. The molecule has 0 aliphatic heterocycles. The summed E-state index contributed by atoms with van der Waals surface area (Å²) < 4.78 is 5.65. The summed E-state index contributed by atoms with van der Waals surface area (Å²) in [7, 11) is 1.64. The van der Waals surface area contributed by atoms with Crippen LogP contribution in [0.25, 0.3) is 0 Å². The summed E-state index contributed by atoms with van der Waals surface area (Å²) in [5.41, 5.74) is 4.05. The number of hydrogen-bond acceptors (Lipinski definition) is 4. The monoisotopic (exact) mass is 235 g/mol. The molecular formula is C9H14ClNO2S. The Morgan fingerprint density at radius 2 is 2.36 bits per heavy atom. The molecule has 0 aromatic carbocycles. The molecule has 0 aliphatic carbocycles. The second-order valence-electron chi connectivity index (χ2n) is 2.86. The van der Waals surface area contributed by atoms with Crippen LogP contribution < -0.4 is 5.48 Å². The van der Waals surface area contributed by atoms with Crippen LogP contribution in [-0.4, -0.2) is 20.3 Å². The summed E-state index contributed by atoms with van der Waals surface area (Å²) in [6.45, 7) is 3.15. The van der Waals surface area contributed by atoms with Crippen LogP contribution in [-0.2, 0) is 9.57 Å². The fourth-order valence-electron chi connectivity index (χ4n) is 0.927. The van der Waals surface area contributed by atoms with Crippen molar-refractivity contribution in [2.45, 2.75) is 13.0 Å². The molecule has 1 rings (SSSR count). The van der Waals surface area contributed by atoms with Crippen molar-refractivity contribution in [2.75, 3.05) is 20.3 Å². The molecule has 1 unspecified atom stereocenters. The second kappa shape index (κ2) is 6.37. The molecule has 0 bridgehead atoms. The SMILES string of the molecule is COCCONC(C)c1csc(Cl)c1. The number of ether oxygens (including phenoxy) is 1. The summed E-state index contributed by atoms with van der Waals surface area (Å²) in [5, 5.41) is 2.01. The number of hydrogen-bond donors (Lipinski definition) is 1. The minimum Gasteiger partial charge on any atom is -0.382 e. The number of rotatable bonds is 6. The van der Waals surface area contributed by atoms with Gasteiger partial charge in [-0.25, -0.2) is 0 Å². The molecule has 0 saturated carbocycles. The summed E-state index contributed by atoms with van der Waals surface area (Å²) in [6.07, 6.45) is 0. The van der Waals surface area contributed by atoms with Gasteiger partial charge in [0.15, 0.2) is 0 Å². The average Bonchev–Trinajstić information content (AvgIpc) is 2.59. The molecule has 1 N–H and O–H groups in total. The van der Waals surface area contributed by atoms with E-state index in [0.29, 0.717) is 13.2 Å². The predicted molar refractivity (Wildman–Crippen MR) is 58.7 cm³/mol. The number of nitrogens with one attached hydrogen (secondary N) is 1. The van der Waals surface area contributed by atoms with Gasteiger partial charge >= 0.3 is 0 Å². The molecule has 3 nitrogen and oxygen atoms in total. The van der Waals surface area contributed by atoms with Gasteiger partial charge in [0.05, 0.1) is 23.6 Å². The van der Waals surface area contributed by atoms with Gasteiger partial charge in [0, 0.05) is 7.11 Å². The molecule has 0 amide bonds. The number of methoxy groups -OCH3 is 1. The molecule has 1 aromatic rings. The van der Waals surface area contributed by atoms with Gasteiger partial charge in [-0.05, 0) is 23.9 Å². The maximum atomic E-state index is 5.82. The third-order valence-corrected chi connectivity index (χ3v) is 2.85. The molecule has 80 valence electrons. The highest BCUT2D eigenvalue weighted by Gasteiger charge is 2.06. The number of halogens is 1. The van der Waals surface area contributed by atoms with Crippen molar-refractivity contribution in [1.82, 2.24) is 5.48 Å². The first-order valence-corrected chi connectivity index (χ1v) is 5.60. The summed E-state index contributed by atoms with van der Waals surface area (Å²) in [6, 6.07) is 2.08. The zero-order chi connectivity index (χ0) is 10.4. The van der Waals surface area contributed by atoms with Gasteiger partial charge in [-0.3, -0.25) is 4.84 Å². The minimum absolute atomic E-state index is 0.149. The van der Waals surface area contributed by atoms with E-state index in [9.17, 15) is 0 Å². The Morgan fingerprint density at radius 1 is 1.57 bits per heavy atom. The van der Waals surface area contributed by atoms with E-state index in [2.05, 4.69) is 5.48 Å². The Labute approximate surface area is 92.9 Å². The molecule has 5 heteroatoms. The lowest BCUT2D eigenvalue weighted by molar-refractivity contribution is -0.00918. The smallest absolute Gasteiger partial charge is 0.0931 e. The van der Waals surface area contributed by atoms with Crippen LogP contribution in [0, 0.1) is 0 Å². The van der Waals surface area contributed by atoms with Gasteiger partial charge in [-0.1, -0.05) is 11.6 Å². The maximum Gasteiger partial charge on any atom is 0.0931 e. The van der Waals surface area contributed by atoms with E-state index in [4.69, 9.17) is 21.2 Å². The molecule has 1 atom stereocenters. The van der Waals surface area contributed by atoms with E-state index < -0.39 is 0 Å². The summed E-state index contributed by atoms with van der Waals surface area (Å²) in [4.78, 5) is 5.19. The Bertz CT molecular complexity index is 267. The molecule has 0 spiro atoms. The van der Waals surface area contributed by atoms with Crippen molar-refractivity contribution < 1.29 is 9.57 Å². The van der Waals surface area contributed by atoms with Crippen molar-refractivity contribution in [2.24, 2.45) is 0 Å². The maximum absolute atomic E-state index is 5.82. The van der Waals surface area contributed by atoms with Crippen LogP contribution in [0.3, 0.4) is 0 Å². The lowest BCUT2D eigenvalue weighted by Crippen LogP contribution is -2.20. The van der Waals surface area contributed by atoms with Crippen LogP contribution in [0.4, 0.5) is 0 Å². The third-order valence-electron chi connectivity index (χ3n) is 1.74. The van der Waals surface area contributed by atoms with Gasteiger partial charge in [-0.15, -0.1) is 11.3 Å². The fourth-order valence-corrected chi connectivity index (χ4v) is 1.91. The zero-order valence-electron chi connectivity index (χ0n) is 8.25. The lowest BCUT2D eigenvalue weighted by Gasteiger charge is -2.11. The highest BCUT2D eigenvalue weighted by atomic mass is 35.5. The number of hydroxylamine groups is 1. The van der Waals surface area contributed by atoms with Crippen molar-refractivity contribution in [1.29, 1.82) is 0 Å². The van der Waals surface area contributed by atoms with Crippen LogP contribution in [0.5, 0.6) is 0 Å². The Kier molecular flexibility index (Phi) is 5.44. The molecule has 1 aromatic heterocycles. The normalized spacial score (nSPS) is 13.1. The van der Waals surface area contributed by atoms with Crippen LogP contribution >= 0.6 is 22.9 Å². The molecule has 14 heavy (non-hydrogen) atoms. The van der Waals surface area contributed by atoms with Crippen LogP contribution in [0.1, 0.15) is 18.5 Å². The van der Waals surface area contributed by atoms with Crippen LogP contribution in [0.15, 0.2) is 11.4 Å². The van der Waals surface area contributed by atoms with Crippen molar-refractivity contribution in [3.05, 3.63) is 21.3 Å².